The molecule has 0 spiro atoms. The maximum atomic E-state index is 13.4. The van der Waals surface area contributed by atoms with E-state index < -0.39 is 47.3 Å². The molecule has 2 atom stereocenters. The van der Waals surface area contributed by atoms with Crippen molar-refractivity contribution in [3.8, 4) is 0 Å². The first-order valence-electron chi connectivity index (χ1n) is 10.9. The number of likely N-dealkylation sites (tertiary alicyclic amines) is 1. The standard InChI is InChI=1S/C24H24F6N2O3/c1-22(2,3)35-21(34)31-9-8-20(33)19(12-31)32-17-6-4-13(23(25,26)27)10-15(17)16-11-14(24(28,29)30)5-7-18(16)32/h4-7,10-11,19-20,33H,8-9,12H2,1-3H3/t19?,20-/m1/s1. The molecule has 4 rings (SSSR count). The smallest absolute Gasteiger partial charge is 0.416 e. The molecule has 1 unspecified atom stereocenters. The molecule has 0 aliphatic carbocycles. The van der Waals surface area contributed by atoms with E-state index in [1.165, 1.54) is 21.6 Å². The quantitative estimate of drug-likeness (QED) is 0.393. The highest BCUT2D eigenvalue weighted by molar-refractivity contribution is 6.08. The number of hydrogen-bond donors (Lipinski definition) is 1. The van der Waals surface area contributed by atoms with Crippen LogP contribution in [0, 0.1) is 0 Å². The van der Waals surface area contributed by atoms with E-state index in [4.69, 9.17) is 4.74 Å². The highest BCUT2D eigenvalue weighted by Crippen LogP contribution is 2.41. The monoisotopic (exact) mass is 502 g/mol. The van der Waals surface area contributed by atoms with Crippen molar-refractivity contribution in [2.24, 2.45) is 0 Å². The normalized spacial score (nSPS) is 20.0. The van der Waals surface area contributed by atoms with Crippen molar-refractivity contribution in [2.45, 2.75) is 57.3 Å². The van der Waals surface area contributed by atoms with Gasteiger partial charge in [0.15, 0.2) is 0 Å². The predicted octanol–water partition coefficient (Wildman–Crippen LogP) is 6.37. The number of aromatic nitrogens is 1. The average molecular weight is 502 g/mol. The second kappa shape index (κ2) is 8.32. The Labute approximate surface area is 196 Å². The second-order valence-electron chi connectivity index (χ2n) is 9.68. The number of piperidine rings is 1. The number of amides is 1. The fourth-order valence-corrected chi connectivity index (χ4v) is 4.43. The molecule has 0 radical (unpaired) electrons. The van der Waals surface area contributed by atoms with E-state index >= 15 is 0 Å². The van der Waals surface area contributed by atoms with Crippen molar-refractivity contribution in [1.29, 1.82) is 0 Å². The molecule has 5 nitrogen and oxygen atoms in total. The number of hydrogen-bond acceptors (Lipinski definition) is 3. The average Bonchev–Trinajstić information content (AvgIpc) is 3.04. The molecule has 35 heavy (non-hydrogen) atoms. The van der Waals surface area contributed by atoms with E-state index in [0.29, 0.717) is 0 Å². The van der Waals surface area contributed by atoms with E-state index in [2.05, 4.69) is 0 Å². The lowest BCUT2D eigenvalue weighted by Crippen LogP contribution is -2.48. The molecule has 11 heteroatoms. The Morgan fingerprint density at radius 2 is 1.40 bits per heavy atom. The molecule has 1 N–H and O–H groups in total. The number of aliphatic hydroxyl groups is 1. The Balaban J connectivity index is 1.89. The molecule has 1 fully saturated rings. The lowest BCUT2D eigenvalue weighted by Gasteiger charge is -2.38. The third-order valence-electron chi connectivity index (χ3n) is 5.99. The third-order valence-corrected chi connectivity index (χ3v) is 5.99. The number of halogens is 6. The molecular formula is C24H24F6N2O3. The predicted molar refractivity (Wildman–Crippen MR) is 117 cm³/mol. The van der Waals surface area contributed by atoms with Crippen LogP contribution in [0.25, 0.3) is 21.8 Å². The van der Waals surface area contributed by atoms with Crippen molar-refractivity contribution in [2.75, 3.05) is 13.1 Å². The van der Waals surface area contributed by atoms with Crippen LogP contribution in [0.2, 0.25) is 0 Å². The Morgan fingerprint density at radius 3 is 1.83 bits per heavy atom. The van der Waals surface area contributed by atoms with Gasteiger partial charge in [0.25, 0.3) is 0 Å². The van der Waals surface area contributed by atoms with Gasteiger partial charge < -0.3 is 19.3 Å². The SMILES string of the molecule is CC(C)(C)OC(=O)N1CC[C@@H](O)C(n2c3ccc(C(F)(F)F)cc3c3cc(C(F)(F)F)ccc32)C1. The Hall–Kier alpha value is -2.95. The minimum atomic E-state index is -4.69. The van der Waals surface area contributed by atoms with Gasteiger partial charge in [-0.3, -0.25) is 0 Å². The number of alkyl halides is 6. The molecule has 2 heterocycles. The first kappa shape index (κ1) is 25.2. The molecule has 0 saturated carbocycles. The number of carbonyl (C=O) groups excluding carboxylic acids is 1. The summed E-state index contributed by atoms with van der Waals surface area (Å²) < 4.78 is 87.3. The van der Waals surface area contributed by atoms with Crippen LogP contribution in [0.4, 0.5) is 31.1 Å². The summed E-state index contributed by atoms with van der Waals surface area (Å²) in [7, 11) is 0. The highest BCUT2D eigenvalue weighted by Gasteiger charge is 2.37. The van der Waals surface area contributed by atoms with E-state index in [9.17, 15) is 36.2 Å². The zero-order chi connectivity index (χ0) is 25.9. The summed E-state index contributed by atoms with van der Waals surface area (Å²) >= 11 is 0. The summed E-state index contributed by atoms with van der Waals surface area (Å²) in [5.74, 6) is 0. The lowest BCUT2D eigenvalue weighted by atomic mass is 10.0. The van der Waals surface area contributed by atoms with Gasteiger partial charge in [-0.1, -0.05) is 0 Å². The zero-order valence-corrected chi connectivity index (χ0v) is 19.2. The minimum Gasteiger partial charge on any atom is -0.444 e. The summed E-state index contributed by atoms with van der Waals surface area (Å²) in [6, 6.07) is 4.89. The van der Waals surface area contributed by atoms with E-state index in [1.54, 1.807) is 20.8 Å². The van der Waals surface area contributed by atoms with Crippen molar-refractivity contribution >= 4 is 27.9 Å². The Morgan fingerprint density at radius 1 is 0.914 bits per heavy atom. The van der Waals surface area contributed by atoms with Gasteiger partial charge in [0, 0.05) is 34.9 Å². The van der Waals surface area contributed by atoms with Crippen LogP contribution in [0.1, 0.15) is 44.4 Å². The van der Waals surface area contributed by atoms with Crippen LogP contribution in [0.5, 0.6) is 0 Å². The zero-order valence-electron chi connectivity index (χ0n) is 19.2. The van der Waals surface area contributed by atoms with Crippen molar-refractivity contribution in [3.05, 3.63) is 47.5 Å². The van der Waals surface area contributed by atoms with Crippen LogP contribution in [-0.2, 0) is 17.1 Å². The number of carbonyl (C=O) groups is 1. The van der Waals surface area contributed by atoms with Gasteiger partial charge in [-0.25, -0.2) is 4.79 Å². The maximum Gasteiger partial charge on any atom is 0.416 e. The fourth-order valence-electron chi connectivity index (χ4n) is 4.43. The number of ether oxygens (including phenoxy) is 1. The Kier molecular flexibility index (Phi) is 5.98. The largest absolute Gasteiger partial charge is 0.444 e. The molecule has 1 saturated heterocycles. The number of fused-ring (bicyclic) bond motifs is 3. The van der Waals surface area contributed by atoms with E-state index in [0.717, 1.165) is 24.3 Å². The first-order chi connectivity index (χ1) is 16.1. The molecule has 1 amide bonds. The second-order valence-corrected chi connectivity index (χ2v) is 9.68. The van der Waals surface area contributed by atoms with E-state index in [-0.39, 0.29) is 41.3 Å². The van der Waals surface area contributed by atoms with Crippen molar-refractivity contribution in [3.63, 3.8) is 0 Å². The summed E-state index contributed by atoms with van der Waals surface area (Å²) in [6.45, 7) is 5.26. The fraction of sp³-hybridized carbons (Fsp3) is 0.458. The van der Waals surface area contributed by atoms with Gasteiger partial charge in [-0.15, -0.1) is 0 Å². The van der Waals surface area contributed by atoms with Crippen LogP contribution in [0.3, 0.4) is 0 Å². The molecule has 3 aromatic rings. The van der Waals surface area contributed by atoms with Gasteiger partial charge in [-0.2, -0.15) is 26.3 Å². The molecular weight excluding hydrogens is 478 g/mol. The first-order valence-corrected chi connectivity index (χ1v) is 10.9. The van der Waals surface area contributed by atoms with Crippen LogP contribution < -0.4 is 0 Å². The van der Waals surface area contributed by atoms with Crippen molar-refractivity contribution < 1.29 is 41.0 Å². The third kappa shape index (κ3) is 4.91. The Bertz CT molecular complexity index is 1200. The summed E-state index contributed by atoms with van der Waals surface area (Å²) in [5, 5.41) is 10.7. The van der Waals surface area contributed by atoms with Gasteiger partial charge in [0.2, 0.25) is 0 Å². The number of rotatable bonds is 1. The van der Waals surface area contributed by atoms with Crippen LogP contribution in [-0.4, -0.2) is 45.5 Å². The number of nitrogens with zero attached hydrogens (tertiary/aromatic N) is 2. The van der Waals surface area contributed by atoms with Crippen LogP contribution >= 0.6 is 0 Å². The minimum absolute atomic E-state index is 0.0254. The van der Waals surface area contributed by atoms with Crippen LogP contribution in [0.15, 0.2) is 36.4 Å². The molecule has 1 aromatic heterocycles. The maximum absolute atomic E-state index is 13.4. The summed E-state index contributed by atoms with van der Waals surface area (Å²) in [5.41, 5.74) is -2.32. The molecule has 1 aliphatic heterocycles. The summed E-state index contributed by atoms with van der Waals surface area (Å²) in [6.07, 6.45) is -10.8. The van der Waals surface area contributed by atoms with Gasteiger partial charge >= 0.3 is 18.4 Å². The topological polar surface area (TPSA) is 54.7 Å². The van der Waals surface area contributed by atoms with Crippen molar-refractivity contribution in [1.82, 2.24) is 9.47 Å². The molecule has 2 aromatic carbocycles. The molecule has 0 bridgehead atoms. The molecule has 1 aliphatic rings. The highest BCUT2D eigenvalue weighted by atomic mass is 19.4. The molecule has 190 valence electrons. The van der Waals surface area contributed by atoms with Gasteiger partial charge in [0.05, 0.1) is 23.3 Å². The lowest BCUT2D eigenvalue weighted by molar-refractivity contribution is -0.138. The number of benzene rings is 2. The van der Waals surface area contributed by atoms with Gasteiger partial charge in [-0.05, 0) is 63.6 Å². The van der Waals surface area contributed by atoms with Gasteiger partial charge in [0.1, 0.15) is 5.60 Å². The van der Waals surface area contributed by atoms with E-state index in [1.807, 2.05) is 0 Å². The summed E-state index contributed by atoms with van der Waals surface area (Å²) in [4.78, 5) is 14.0. The number of aliphatic hydroxyl groups excluding tert-OH is 1.